The fourth-order valence-corrected chi connectivity index (χ4v) is 9.26. The van der Waals surface area contributed by atoms with Gasteiger partial charge in [-0.1, -0.05) is 51.1 Å². The van der Waals surface area contributed by atoms with Crippen LogP contribution in [0.5, 0.6) is 11.8 Å². The first-order valence-electron chi connectivity index (χ1n) is 17.8. The van der Waals surface area contributed by atoms with Crippen molar-refractivity contribution in [3.05, 3.63) is 42.5 Å². The molecule has 266 valence electrons. The van der Waals surface area contributed by atoms with E-state index in [4.69, 9.17) is 9.47 Å². The molecule has 2 aromatic rings. The Morgan fingerprint density at radius 2 is 1.90 bits per heavy atom. The topological polar surface area (TPSA) is 144 Å². The van der Waals surface area contributed by atoms with Crippen molar-refractivity contribution in [3.63, 3.8) is 0 Å². The lowest BCUT2D eigenvalue weighted by molar-refractivity contribution is -0.140. The first-order valence-corrected chi connectivity index (χ1v) is 19.3. The summed E-state index contributed by atoms with van der Waals surface area (Å²) in [4.78, 5) is 48.2. The van der Waals surface area contributed by atoms with E-state index in [1.807, 2.05) is 63.3 Å². The van der Waals surface area contributed by atoms with Gasteiger partial charge in [0, 0.05) is 30.2 Å². The molecular weight excluding hydrogens is 644 g/mol. The van der Waals surface area contributed by atoms with Crippen LogP contribution in [0.25, 0.3) is 10.8 Å². The van der Waals surface area contributed by atoms with E-state index >= 15 is 0 Å². The molecule has 3 heterocycles. The first kappa shape index (κ1) is 35.2. The Labute approximate surface area is 289 Å². The Morgan fingerprint density at radius 3 is 2.61 bits per heavy atom. The van der Waals surface area contributed by atoms with Gasteiger partial charge in [-0.05, 0) is 82.1 Å². The molecule has 0 spiro atoms. The summed E-state index contributed by atoms with van der Waals surface area (Å²) in [6.45, 7) is 10.1. The van der Waals surface area contributed by atoms with Gasteiger partial charge in [-0.25, -0.2) is 8.42 Å². The van der Waals surface area contributed by atoms with Gasteiger partial charge in [-0.3, -0.25) is 19.1 Å². The first-order chi connectivity index (χ1) is 23.3. The molecule has 2 N–H and O–H groups in total. The van der Waals surface area contributed by atoms with Crippen molar-refractivity contribution in [2.75, 3.05) is 6.54 Å². The number of fused-ring (bicyclic) bond motifs is 3. The Kier molecular flexibility index (Phi) is 9.74. The minimum absolute atomic E-state index is 0.100. The van der Waals surface area contributed by atoms with Crippen LogP contribution >= 0.6 is 0 Å². The second-order valence-electron chi connectivity index (χ2n) is 15.1. The Hall–Kier alpha value is -3.67. The number of aromatic nitrogens is 1. The van der Waals surface area contributed by atoms with E-state index in [2.05, 4.69) is 28.9 Å². The largest absolute Gasteiger partial charge is 0.475 e. The third-order valence-corrected chi connectivity index (χ3v) is 13.0. The van der Waals surface area contributed by atoms with Gasteiger partial charge in [0.15, 0.2) is 0 Å². The van der Waals surface area contributed by atoms with E-state index in [0.29, 0.717) is 36.9 Å². The molecule has 3 amide bonds. The van der Waals surface area contributed by atoms with E-state index in [1.165, 1.54) is 0 Å². The van der Waals surface area contributed by atoms with Crippen molar-refractivity contribution in [1.29, 1.82) is 0 Å². The predicted octanol–water partition coefficient (Wildman–Crippen LogP) is 5.04. The van der Waals surface area contributed by atoms with Gasteiger partial charge in [-0.15, -0.1) is 0 Å². The lowest BCUT2D eigenvalue weighted by Crippen LogP contribution is -2.57. The van der Waals surface area contributed by atoms with E-state index in [-0.39, 0.29) is 49.7 Å². The van der Waals surface area contributed by atoms with Crippen LogP contribution in [0.15, 0.2) is 42.5 Å². The molecule has 2 saturated carbocycles. The molecule has 2 aliphatic carbocycles. The summed E-state index contributed by atoms with van der Waals surface area (Å²) in [5.74, 6) is -0.466. The molecule has 0 unspecified atom stereocenters. The fourth-order valence-electron chi connectivity index (χ4n) is 7.60. The van der Waals surface area contributed by atoms with Crippen molar-refractivity contribution in [3.8, 4) is 11.8 Å². The summed E-state index contributed by atoms with van der Waals surface area (Å²) < 4.78 is 40.4. The van der Waals surface area contributed by atoms with Crippen LogP contribution in [0.1, 0.15) is 92.4 Å². The normalized spacial score (nSPS) is 30.7. The Morgan fingerprint density at radius 1 is 1.14 bits per heavy atom. The average Bonchev–Trinajstić information content (AvgIpc) is 3.93. The number of hydrogen-bond donors (Lipinski definition) is 2. The summed E-state index contributed by atoms with van der Waals surface area (Å²) in [6.07, 6.45) is 8.04. The summed E-state index contributed by atoms with van der Waals surface area (Å²) in [7, 11) is -3.93. The van der Waals surface area contributed by atoms with Crippen molar-refractivity contribution in [2.24, 2.45) is 17.8 Å². The summed E-state index contributed by atoms with van der Waals surface area (Å²) in [6, 6.07) is 8.63. The molecule has 1 aromatic carbocycles. The number of carbonyl (C=O) groups is 3. The quantitative estimate of drug-likeness (QED) is 0.366. The molecule has 1 aromatic heterocycles. The number of carbonyl (C=O) groups excluding carboxylic acids is 3. The van der Waals surface area contributed by atoms with Gasteiger partial charge >= 0.3 is 0 Å². The summed E-state index contributed by atoms with van der Waals surface area (Å²) in [5, 5.41) is 4.63. The second-order valence-corrected chi connectivity index (χ2v) is 17.2. The third-order valence-electron chi connectivity index (χ3n) is 10.7. The number of amides is 3. The van der Waals surface area contributed by atoms with Gasteiger partial charge in [0.2, 0.25) is 33.6 Å². The highest BCUT2D eigenvalue weighted by Gasteiger charge is 2.63. The van der Waals surface area contributed by atoms with Crippen LogP contribution in [0, 0.1) is 17.8 Å². The zero-order chi connectivity index (χ0) is 35.1. The van der Waals surface area contributed by atoms with Gasteiger partial charge in [0.1, 0.15) is 17.7 Å². The third kappa shape index (κ3) is 7.30. The maximum absolute atomic E-state index is 14.2. The van der Waals surface area contributed by atoms with E-state index in [0.717, 1.165) is 30.0 Å². The molecule has 4 aliphatic rings. The number of pyridine rings is 1. The number of rotatable bonds is 8. The lowest BCUT2D eigenvalue weighted by atomic mass is 9.91. The molecule has 6 atom stereocenters. The summed E-state index contributed by atoms with van der Waals surface area (Å²) >= 11 is 0. The minimum Gasteiger partial charge on any atom is -0.475 e. The number of allylic oxidation sites excluding steroid dienone is 1. The fraction of sp³-hybridized carbons (Fsp3) is 0.622. The number of nitrogens with one attached hydrogen (secondary N) is 2. The smallest absolute Gasteiger partial charge is 0.259 e. The van der Waals surface area contributed by atoms with Gasteiger partial charge in [0.05, 0.1) is 17.4 Å². The maximum Gasteiger partial charge on any atom is 0.259 e. The monoisotopic (exact) mass is 694 g/mol. The number of nitrogens with zero attached hydrogens (tertiary/aromatic N) is 2. The van der Waals surface area contributed by atoms with Crippen LogP contribution in [-0.2, 0) is 24.4 Å². The average molecular weight is 695 g/mol. The van der Waals surface area contributed by atoms with Crippen molar-refractivity contribution in [2.45, 2.75) is 121 Å². The van der Waals surface area contributed by atoms with Crippen molar-refractivity contribution < 1.29 is 32.3 Å². The molecule has 6 rings (SSSR count). The summed E-state index contributed by atoms with van der Waals surface area (Å²) in [5.41, 5.74) is -1.42. The van der Waals surface area contributed by atoms with Crippen LogP contribution in [0.3, 0.4) is 0 Å². The second kappa shape index (κ2) is 13.6. The van der Waals surface area contributed by atoms with E-state index in [1.54, 1.807) is 4.90 Å². The number of hydrogen-bond acceptors (Lipinski definition) is 8. The van der Waals surface area contributed by atoms with Gasteiger partial charge in [-0.2, -0.15) is 4.98 Å². The van der Waals surface area contributed by atoms with Crippen LogP contribution in [0.4, 0.5) is 0 Å². The number of benzene rings is 1. The Bertz CT molecular complexity index is 1740. The highest BCUT2D eigenvalue weighted by Crippen LogP contribution is 2.49. The van der Waals surface area contributed by atoms with Crippen LogP contribution in [-0.4, -0.2) is 71.1 Å². The van der Waals surface area contributed by atoms with Gasteiger partial charge in [0.25, 0.3) is 5.91 Å². The number of ether oxygens (including phenoxy) is 2. The molecule has 12 heteroatoms. The zero-order valence-electron chi connectivity index (χ0n) is 29.2. The highest BCUT2D eigenvalue weighted by molar-refractivity contribution is 7.91. The number of sulfonamides is 1. The molecule has 0 bridgehead atoms. The molecule has 1 saturated heterocycles. The molecular formula is C37H50N4O7S. The predicted molar refractivity (Wildman–Crippen MR) is 186 cm³/mol. The van der Waals surface area contributed by atoms with E-state index < -0.39 is 44.3 Å². The minimum atomic E-state index is -3.93. The van der Waals surface area contributed by atoms with Gasteiger partial charge < -0.3 is 19.7 Å². The van der Waals surface area contributed by atoms with Crippen molar-refractivity contribution >= 4 is 38.5 Å². The maximum atomic E-state index is 14.2. The SMILES string of the molecule is CCC1(S(=O)(=O)NC(=O)[C@@]23C[C@H]2/C=C\CC[C@@H](C)C[C@@H](C)CC(=O)N2C[C@H](Oc4nc(OC(C)C)cc5ccccc45)C[C@H]2C(=O)N3)CC1. The lowest BCUT2D eigenvalue weighted by Gasteiger charge is -2.28. The molecule has 11 nitrogen and oxygen atoms in total. The van der Waals surface area contributed by atoms with E-state index in [9.17, 15) is 22.8 Å². The van der Waals surface area contributed by atoms with Crippen LogP contribution in [0.2, 0.25) is 0 Å². The van der Waals surface area contributed by atoms with Crippen LogP contribution < -0.4 is 19.5 Å². The molecule has 0 radical (unpaired) electrons. The molecule has 3 fully saturated rings. The highest BCUT2D eigenvalue weighted by atomic mass is 32.2. The Balaban J connectivity index is 1.29. The zero-order valence-corrected chi connectivity index (χ0v) is 30.1. The van der Waals surface area contributed by atoms with Crippen molar-refractivity contribution in [1.82, 2.24) is 19.9 Å². The molecule has 2 aliphatic heterocycles. The standard InChI is InChI=1S/C37H50N4O7S/c1-6-36(15-16-36)49(45,46)40-35(44)37-21-27(37)13-9-7-11-24(4)17-25(5)18-32(42)41-22-28(20-30(41)33(43)39-37)48-34-29-14-10-8-12-26(29)19-31(38-34)47-23(2)3/h8-10,12-14,19,23-25,27-28,30H,6-7,11,15-18,20-22H2,1-5H3,(H,39,43)(H,40,44)/b13-9-/t24-,25-,27-,28-,30+,37-/m1/s1. The molecule has 49 heavy (non-hydrogen) atoms.